The largest absolute Gasteiger partial charge is 0.480 e. The van der Waals surface area contributed by atoms with E-state index in [1.165, 1.54) is 16.0 Å². The molecule has 1 saturated heterocycles. The van der Waals surface area contributed by atoms with Gasteiger partial charge >= 0.3 is 12.1 Å². The smallest absolute Gasteiger partial charge is 0.407 e. The second-order valence-electron chi connectivity index (χ2n) is 9.42. The van der Waals surface area contributed by atoms with E-state index in [9.17, 15) is 19.5 Å². The number of nitrogens with zero attached hydrogens (tertiary/aromatic N) is 1. The number of benzene rings is 2. The molecule has 0 saturated carbocycles. The van der Waals surface area contributed by atoms with E-state index in [-0.39, 0.29) is 24.9 Å². The maximum Gasteiger partial charge on any atom is 0.407 e. The van der Waals surface area contributed by atoms with Gasteiger partial charge in [-0.05, 0) is 55.4 Å². The Hall–Kier alpha value is -3.35. The van der Waals surface area contributed by atoms with Gasteiger partial charge in [-0.25, -0.2) is 9.59 Å². The standard InChI is InChI=1S/C26H30N2O5/c1-26(2,14-13-23(29)28-15-7-12-22(28)24(30)31)27-25(32)33-16-21-19-10-5-3-8-17(19)18-9-4-6-11-20(18)21/h3-6,8-11,21-22H,7,12-16H2,1-2H3,(H,27,32)(H,30,31)/t22-/m0/s1. The van der Waals surface area contributed by atoms with Crippen LogP contribution in [-0.4, -0.2) is 52.7 Å². The van der Waals surface area contributed by atoms with Crippen LogP contribution in [0.4, 0.5) is 4.79 Å². The van der Waals surface area contributed by atoms with Crippen LogP contribution in [0.2, 0.25) is 0 Å². The fraction of sp³-hybridized carbons (Fsp3) is 0.423. The lowest BCUT2D eigenvalue weighted by Gasteiger charge is -2.28. The molecule has 1 fully saturated rings. The maximum absolute atomic E-state index is 12.6. The average Bonchev–Trinajstić information content (AvgIpc) is 3.39. The molecule has 174 valence electrons. The molecule has 7 heteroatoms. The van der Waals surface area contributed by atoms with E-state index in [4.69, 9.17) is 4.74 Å². The molecule has 2 N–H and O–H groups in total. The Morgan fingerprint density at radius 1 is 1.06 bits per heavy atom. The summed E-state index contributed by atoms with van der Waals surface area (Å²) in [6.07, 6.45) is 1.21. The maximum atomic E-state index is 12.6. The van der Waals surface area contributed by atoms with Crippen molar-refractivity contribution in [2.24, 2.45) is 0 Å². The molecular formula is C26H30N2O5. The molecule has 1 atom stereocenters. The number of carbonyl (C=O) groups excluding carboxylic acids is 2. The topological polar surface area (TPSA) is 95.9 Å². The number of carboxylic acids is 1. The second-order valence-corrected chi connectivity index (χ2v) is 9.42. The minimum absolute atomic E-state index is 0.0176. The fourth-order valence-corrected chi connectivity index (χ4v) is 4.86. The molecule has 1 aliphatic heterocycles. The molecule has 0 spiro atoms. The molecule has 0 aromatic heterocycles. The zero-order valence-electron chi connectivity index (χ0n) is 19.0. The number of aliphatic carboxylic acids is 1. The van der Waals surface area contributed by atoms with Gasteiger partial charge in [0.2, 0.25) is 5.91 Å². The predicted octanol–water partition coefficient (Wildman–Crippen LogP) is 4.16. The Kier molecular flexibility index (Phi) is 6.40. The van der Waals surface area contributed by atoms with E-state index in [0.29, 0.717) is 25.8 Å². The van der Waals surface area contributed by atoms with Crippen molar-refractivity contribution in [3.63, 3.8) is 0 Å². The number of alkyl carbamates (subject to hydrolysis) is 1. The monoisotopic (exact) mass is 450 g/mol. The van der Waals surface area contributed by atoms with Crippen molar-refractivity contribution in [3.8, 4) is 11.1 Å². The number of carboxylic acid groups (broad SMARTS) is 1. The molecule has 0 radical (unpaired) electrons. The molecule has 1 heterocycles. The number of hydrogen-bond acceptors (Lipinski definition) is 4. The Balaban J connectivity index is 1.31. The minimum atomic E-state index is -0.961. The van der Waals surface area contributed by atoms with Crippen LogP contribution in [0, 0.1) is 0 Å². The van der Waals surface area contributed by atoms with Crippen LogP contribution in [0.5, 0.6) is 0 Å². The normalized spacial score (nSPS) is 17.4. The van der Waals surface area contributed by atoms with Gasteiger partial charge < -0.3 is 20.1 Å². The fourth-order valence-electron chi connectivity index (χ4n) is 4.86. The first-order chi connectivity index (χ1) is 15.8. The van der Waals surface area contributed by atoms with Gasteiger partial charge in [0.1, 0.15) is 12.6 Å². The Bertz CT molecular complexity index is 1020. The molecule has 2 aromatic carbocycles. The average molecular weight is 451 g/mol. The number of fused-ring (bicyclic) bond motifs is 3. The van der Waals surface area contributed by atoms with Gasteiger partial charge in [0.05, 0.1) is 0 Å². The highest BCUT2D eigenvalue weighted by Gasteiger charge is 2.35. The molecule has 2 aliphatic rings. The van der Waals surface area contributed by atoms with Gasteiger partial charge in [0.15, 0.2) is 0 Å². The van der Waals surface area contributed by atoms with Crippen molar-refractivity contribution in [1.29, 1.82) is 0 Å². The van der Waals surface area contributed by atoms with Crippen LogP contribution in [0.3, 0.4) is 0 Å². The molecule has 1 aliphatic carbocycles. The van der Waals surface area contributed by atoms with Gasteiger partial charge in [-0.2, -0.15) is 0 Å². The summed E-state index contributed by atoms with van der Waals surface area (Å²) in [4.78, 5) is 37.9. The van der Waals surface area contributed by atoms with Crippen LogP contribution in [0.1, 0.15) is 56.6 Å². The highest BCUT2D eigenvalue weighted by Crippen LogP contribution is 2.44. The van der Waals surface area contributed by atoms with Crippen molar-refractivity contribution in [3.05, 3.63) is 59.7 Å². The summed E-state index contributed by atoms with van der Waals surface area (Å²) in [6, 6.07) is 15.6. The zero-order valence-corrected chi connectivity index (χ0v) is 19.0. The first-order valence-corrected chi connectivity index (χ1v) is 11.4. The van der Waals surface area contributed by atoms with Gasteiger partial charge in [0.25, 0.3) is 0 Å². The molecule has 4 rings (SSSR count). The summed E-state index contributed by atoms with van der Waals surface area (Å²) < 4.78 is 5.61. The van der Waals surface area contributed by atoms with Crippen molar-refractivity contribution >= 4 is 18.0 Å². The van der Waals surface area contributed by atoms with Gasteiger partial charge in [-0.1, -0.05) is 48.5 Å². The van der Waals surface area contributed by atoms with Gasteiger partial charge in [-0.15, -0.1) is 0 Å². The Morgan fingerprint density at radius 3 is 2.27 bits per heavy atom. The Morgan fingerprint density at radius 2 is 1.67 bits per heavy atom. The third kappa shape index (κ3) is 4.87. The van der Waals surface area contributed by atoms with E-state index < -0.39 is 23.6 Å². The molecule has 0 unspecified atom stereocenters. The number of amides is 2. The SMILES string of the molecule is CC(C)(CCC(=O)N1CCC[C@H]1C(=O)O)NC(=O)OCC1c2ccccc2-c2ccccc21. The Labute approximate surface area is 193 Å². The molecule has 33 heavy (non-hydrogen) atoms. The second kappa shape index (κ2) is 9.25. The number of likely N-dealkylation sites (tertiary alicyclic amines) is 1. The van der Waals surface area contributed by atoms with Crippen LogP contribution in [-0.2, 0) is 14.3 Å². The lowest BCUT2D eigenvalue weighted by atomic mass is 9.97. The van der Waals surface area contributed by atoms with Gasteiger partial charge in [-0.3, -0.25) is 4.79 Å². The van der Waals surface area contributed by atoms with E-state index in [1.807, 2.05) is 38.1 Å². The summed E-state index contributed by atoms with van der Waals surface area (Å²) >= 11 is 0. The van der Waals surface area contributed by atoms with E-state index in [0.717, 1.165) is 11.1 Å². The quantitative estimate of drug-likeness (QED) is 0.660. The summed E-state index contributed by atoms with van der Waals surface area (Å²) in [7, 11) is 0. The first-order valence-electron chi connectivity index (χ1n) is 11.4. The van der Waals surface area contributed by atoms with Crippen LogP contribution < -0.4 is 5.32 Å². The van der Waals surface area contributed by atoms with Crippen molar-refractivity contribution < 1.29 is 24.2 Å². The van der Waals surface area contributed by atoms with Crippen LogP contribution in [0.25, 0.3) is 11.1 Å². The predicted molar refractivity (Wildman–Crippen MR) is 124 cm³/mol. The number of carbonyl (C=O) groups is 3. The third-order valence-corrected chi connectivity index (χ3v) is 6.61. The third-order valence-electron chi connectivity index (χ3n) is 6.61. The summed E-state index contributed by atoms with van der Waals surface area (Å²) in [6.45, 7) is 4.36. The van der Waals surface area contributed by atoms with Crippen molar-refractivity contribution in [2.75, 3.05) is 13.2 Å². The lowest BCUT2D eigenvalue weighted by Crippen LogP contribution is -2.46. The zero-order chi connectivity index (χ0) is 23.6. The number of ether oxygens (including phenoxy) is 1. The number of rotatable bonds is 7. The molecule has 0 bridgehead atoms. The van der Waals surface area contributed by atoms with Crippen LogP contribution >= 0.6 is 0 Å². The van der Waals surface area contributed by atoms with E-state index in [1.54, 1.807) is 0 Å². The first kappa shape index (κ1) is 22.8. The summed E-state index contributed by atoms with van der Waals surface area (Å²) in [5, 5.41) is 12.1. The number of nitrogens with one attached hydrogen (secondary N) is 1. The lowest BCUT2D eigenvalue weighted by molar-refractivity contribution is -0.148. The highest BCUT2D eigenvalue weighted by atomic mass is 16.5. The molecule has 7 nitrogen and oxygen atoms in total. The highest BCUT2D eigenvalue weighted by molar-refractivity contribution is 5.84. The number of hydrogen-bond donors (Lipinski definition) is 2. The van der Waals surface area contributed by atoms with Crippen LogP contribution in [0.15, 0.2) is 48.5 Å². The molecule has 2 amide bonds. The minimum Gasteiger partial charge on any atom is -0.480 e. The summed E-state index contributed by atoms with van der Waals surface area (Å²) in [5.74, 6) is -1.17. The van der Waals surface area contributed by atoms with Crippen molar-refractivity contribution in [1.82, 2.24) is 10.2 Å². The van der Waals surface area contributed by atoms with Crippen molar-refractivity contribution in [2.45, 2.75) is 57.0 Å². The molecule has 2 aromatic rings. The van der Waals surface area contributed by atoms with E-state index in [2.05, 4.69) is 29.6 Å². The van der Waals surface area contributed by atoms with E-state index >= 15 is 0 Å². The van der Waals surface area contributed by atoms with Gasteiger partial charge in [0, 0.05) is 24.4 Å². The summed E-state index contributed by atoms with van der Waals surface area (Å²) in [5.41, 5.74) is 3.96. The molecular weight excluding hydrogens is 420 g/mol.